The van der Waals surface area contributed by atoms with Gasteiger partial charge in [-0.15, -0.1) is 0 Å². The average Bonchev–Trinajstić information content (AvgIpc) is 3.25. The molecule has 3 rings (SSSR count). The SMILES string of the molecule is O=C(CCC(=O)c1ccc(F)cc1)NCCc1ccc(S(=O)(=O)NC2CCCC2)cc1. The Kier molecular flexibility index (Phi) is 7.92. The van der Waals surface area contributed by atoms with E-state index in [9.17, 15) is 22.4 Å². The number of hydrogen-bond donors (Lipinski definition) is 2. The van der Waals surface area contributed by atoms with Gasteiger partial charge in [0.1, 0.15) is 5.82 Å². The van der Waals surface area contributed by atoms with E-state index in [2.05, 4.69) is 10.0 Å². The smallest absolute Gasteiger partial charge is 0.240 e. The van der Waals surface area contributed by atoms with Crippen molar-refractivity contribution in [1.82, 2.24) is 10.0 Å². The molecule has 1 saturated carbocycles. The molecule has 0 aromatic heterocycles. The maximum absolute atomic E-state index is 12.9. The highest BCUT2D eigenvalue weighted by Crippen LogP contribution is 2.20. The number of carbonyl (C=O) groups is 2. The summed E-state index contributed by atoms with van der Waals surface area (Å²) in [5.74, 6) is -0.862. The van der Waals surface area contributed by atoms with Crippen LogP contribution in [0.2, 0.25) is 0 Å². The molecule has 1 aliphatic carbocycles. The summed E-state index contributed by atoms with van der Waals surface area (Å²) >= 11 is 0. The van der Waals surface area contributed by atoms with Crippen molar-refractivity contribution in [1.29, 1.82) is 0 Å². The first kappa shape index (κ1) is 23.1. The zero-order valence-electron chi connectivity index (χ0n) is 17.3. The van der Waals surface area contributed by atoms with Gasteiger partial charge in [-0.25, -0.2) is 17.5 Å². The van der Waals surface area contributed by atoms with Gasteiger partial charge in [-0.3, -0.25) is 9.59 Å². The Bertz CT molecular complexity index is 999. The molecule has 0 heterocycles. The summed E-state index contributed by atoms with van der Waals surface area (Å²) in [4.78, 5) is 24.2. The third-order valence-corrected chi connectivity index (χ3v) is 6.93. The second-order valence-corrected chi connectivity index (χ2v) is 9.49. The number of Topliss-reactive ketones (excluding diaryl/α,β-unsaturated/α-hetero) is 1. The second-order valence-electron chi connectivity index (χ2n) is 7.78. The van der Waals surface area contributed by atoms with Crippen LogP contribution in [0.3, 0.4) is 0 Å². The maximum Gasteiger partial charge on any atom is 0.240 e. The van der Waals surface area contributed by atoms with Crippen molar-refractivity contribution < 1.29 is 22.4 Å². The topological polar surface area (TPSA) is 92.3 Å². The van der Waals surface area contributed by atoms with E-state index in [1.807, 2.05) is 0 Å². The zero-order chi connectivity index (χ0) is 22.3. The van der Waals surface area contributed by atoms with Crippen LogP contribution in [0.1, 0.15) is 54.4 Å². The molecule has 0 saturated heterocycles. The van der Waals surface area contributed by atoms with Crippen molar-refractivity contribution in [3.8, 4) is 0 Å². The molecular weight excluding hydrogens is 419 g/mol. The highest BCUT2D eigenvalue weighted by molar-refractivity contribution is 7.89. The molecule has 6 nitrogen and oxygen atoms in total. The molecule has 166 valence electrons. The summed E-state index contributed by atoms with van der Waals surface area (Å²) in [5, 5.41) is 2.76. The molecule has 0 atom stereocenters. The van der Waals surface area contributed by atoms with E-state index < -0.39 is 15.8 Å². The van der Waals surface area contributed by atoms with Crippen LogP contribution in [0.25, 0.3) is 0 Å². The van der Waals surface area contributed by atoms with Gasteiger partial charge in [0.25, 0.3) is 0 Å². The number of hydrogen-bond acceptors (Lipinski definition) is 4. The minimum Gasteiger partial charge on any atom is -0.356 e. The summed E-state index contributed by atoms with van der Waals surface area (Å²) in [5.41, 5.74) is 1.29. The first-order valence-electron chi connectivity index (χ1n) is 10.5. The summed E-state index contributed by atoms with van der Waals surface area (Å²) < 4.78 is 40.5. The number of amides is 1. The molecule has 0 spiro atoms. The van der Waals surface area contributed by atoms with Crippen molar-refractivity contribution in [2.45, 2.75) is 55.9 Å². The van der Waals surface area contributed by atoms with Crippen LogP contribution < -0.4 is 10.0 Å². The van der Waals surface area contributed by atoms with Crippen LogP contribution in [0, 0.1) is 5.82 Å². The minimum atomic E-state index is -3.51. The Labute approximate surface area is 182 Å². The van der Waals surface area contributed by atoms with Crippen LogP contribution >= 0.6 is 0 Å². The van der Waals surface area contributed by atoms with Gasteiger partial charge in [-0.05, 0) is 61.2 Å². The molecule has 1 amide bonds. The van der Waals surface area contributed by atoms with Gasteiger partial charge in [0.2, 0.25) is 15.9 Å². The van der Waals surface area contributed by atoms with Gasteiger partial charge < -0.3 is 5.32 Å². The molecule has 0 bridgehead atoms. The lowest BCUT2D eigenvalue weighted by Gasteiger charge is -2.13. The predicted molar refractivity (Wildman–Crippen MR) is 116 cm³/mol. The summed E-state index contributed by atoms with van der Waals surface area (Å²) in [6.45, 7) is 0.385. The van der Waals surface area contributed by atoms with Crippen LogP contribution in [0.5, 0.6) is 0 Å². The van der Waals surface area contributed by atoms with Crippen molar-refractivity contribution in [3.63, 3.8) is 0 Å². The van der Waals surface area contributed by atoms with Gasteiger partial charge in [0.05, 0.1) is 4.90 Å². The van der Waals surface area contributed by atoms with Crippen LogP contribution in [-0.4, -0.2) is 32.7 Å². The van der Waals surface area contributed by atoms with E-state index in [0.29, 0.717) is 18.5 Å². The monoisotopic (exact) mass is 446 g/mol. The molecule has 2 aromatic carbocycles. The number of halogens is 1. The van der Waals surface area contributed by atoms with Crippen molar-refractivity contribution in [2.24, 2.45) is 0 Å². The fourth-order valence-corrected chi connectivity index (χ4v) is 4.91. The quantitative estimate of drug-likeness (QED) is 0.548. The van der Waals surface area contributed by atoms with Crippen LogP contribution in [-0.2, 0) is 21.2 Å². The van der Waals surface area contributed by atoms with Gasteiger partial charge in [-0.1, -0.05) is 25.0 Å². The van der Waals surface area contributed by atoms with Gasteiger partial charge in [-0.2, -0.15) is 0 Å². The van der Waals surface area contributed by atoms with Crippen molar-refractivity contribution >= 4 is 21.7 Å². The number of nitrogens with one attached hydrogen (secondary N) is 2. The van der Waals surface area contributed by atoms with Crippen LogP contribution in [0.4, 0.5) is 4.39 Å². The molecule has 1 aliphatic rings. The molecule has 0 aliphatic heterocycles. The third-order valence-electron chi connectivity index (χ3n) is 5.39. The largest absolute Gasteiger partial charge is 0.356 e. The van der Waals surface area contributed by atoms with Gasteiger partial charge in [0, 0.05) is 31.0 Å². The number of ketones is 1. The number of carbonyl (C=O) groups excluding carboxylic acids is 2. The van der Waals surface area contributed by atoms with E-state index >= 15 is 0 Å². The normalized spacial score (nSPS) is 14.5. The Balaban J connectivity index is 1.40. The molecule has 2 aromatic rings. The van der Waals surface area contributed by atoms with E-state index in [-0.39, 0.29) is 35.5 Å². The highest BCUT2D eigenvalue weighted by Gasteiger charge is 2.22. The fraction of sp³-hybridized carbons (Fsp3) is 0.391. The van der Waals surface area contributed by atoms with Crippen molar-refractivity contribution in [3.05, 3.63) is 65.5 Å². The van der Waals surface area contributed by atoms with E-state index in [1.165, 1.54) is 24.3 Å². The Hall–Kier alpha value is -2.58. The first-order valence-corrected chi connectivity index (χ1v) is 12.0. The van der Waals surface area contributed by atoms with Gasteiger partial charge >= 0.3 is 0 Å². The second kappa shape index (κ2) is 10.6. The Morgan fingerprint density at radius 1 is 0.935 bits per heavy atom. The minimum absolute atomic E-state index is 0.0230. The first-order chi connectivity index (χ1) is 14.8. The number of rotatable bonds is 10. The van der Waals surface area contributed by atoms with E-state index in [0.717, 1.165) is 31.2 Å². The lowest BCUT2D eigenvalue weighted by atomic mass is 10.1. The molecular formula is C23H27FN2O4S. The summed E-state index contributed by atoms with van der Waals surface area (Å²) in [7, 11) is -3.51. The lowest BCUT2D eigenvalue weighted by Crippen LogP contribution is -2.32. The zero-order valence-corrected chi connectivity index (χ0v) is 18.1. The maximum atomic E-state index is 12.9. The molecule has 0 radical (unpaired) electrons. The summed E-state index contributed by atoms with van der Waals surface area (Å²) in [6, 6.07) is 11.9. The van der Waals surface area contributed by atoms with Crippen molar-refractivity contribution in [2.75, 3.05) is 6.54 Å². The standard InChI is InChI=1S/C23H27FN2O4S/c24-19-9-7-18(8-10-19)22(27)13-14-23(28)25-16-15-17-5-11-21(12-6-17)31(29,30)26-20-3-1-2-4-20/h5-12,20,26H,1-4,13-16H2,(H,25,28). The predicted octanol–water partition coefficient (Wildman–Crippen LogP) is 3.37. The Morgan fingerprint density at radius 3 is 2.23 bits per heavy atom. The molecule has 31 heavy (non-hydrogen) atoms. The van der Waals surface area contributed by atoms with Gasteiger partial charge in [0.15, 0.2) is 5.78 Å². The van der Waals surface area contributed by atoms with E-state index in [1.54, 1.807) is 24.3 Å². The fourth-order valence-electron chi connectivity index (χ4n) is 3.61. The third kappa shape index (κ3) is 6.97. The highest BCUT2D eigenvalue weighted by atomic mass is 32.2. The summed E-state index contributed by atoms with van der Waals surface area (Å²) in [6.07, 6.45) is 4.53. The molecule has 0 unspecified atom stereocenters. The average molecular weight is 447 g/mol. The number of benzene rings is 2. The lowest BCUT2D eigenvalue weighted by molar-refractivity contribution is -0.121. The van der Waals surface area contributed by atoms with Crippen LogP contribution in [0.15, 0.2) is 53.4 Å². The number of sulfonamides is 1. The Morgan fingerprint density at radius 2 is 1.58 bits per heavy atom. The molecule has 8 heteroatoms. The van der Waals surface area contributed by atoms with E-state index in [4.69, 9.17) is 0 Å². The molecule has 1 fully saturated rings. The molecule has 2 N–H and O–H groups in total.